The zero-order chi connectivity index (χ0) is 20.9. The van der Waals surface area contributed by atoms with Gasteiger partial charge in [0.15, 0.2) is 5.69 Å². The summed E-state index contributed by atoms with van der Waals surface area (Å²) in [7, 11) is 0. The Labute approximate surface area is 179 Å². The van der Waals surface area contributed by atoms with Crippen LogP contribution in [0.1, 0.15) is 45.7 Å². The van der Waals surface area contributed by atoms with E-state index in [1.807, 2.05) is 35.2 Å². The molecule has 7 nitrogen and oxygen atoms in total. The number of anilines is 1. The lowest BCUT2D eigenvalue weighted by Crippen LogP contribution is -2.36. The van der Waals surface area contributed by atoms with E-state index in [1.165, 1.54) is 0 Å². The SMILES string of the molecule is O=C(Nc1cc(Cl)ccc1C(=O)N1CCCCC1)c1cn(Cc2ccccc2)nn1. The molecule has 3 aromatic rings. The Morgan fingerprint density at radius 2 is 1.80 bits per heavy atom. The zero-order valence-corrected chi connectivity index (χ0v) is 17.2. The Morgan fingerprint density at radius 3 is 2.57 bits per heavy atom. The number of likely N-dealkylation sites (tertiary alicyclic amines) is 1. The van der Waals surface area contributed by atoms with Crippen molar-refractivity contribution >= 4 is 29.1 Å². The average molecular weight is 424 g/mol. The van der Waals surface area contributed by atoms with Gasteiger partial charge in [-0.1, -0.05) is 47.1 Å². The molecule has 1 aliphatic heterocycles. The highest BCUT2D eigenvalue weighted by Crippen LogP contribution is 2.24. The first kappa shape index (κ1) is 20.1. The largest absolute Gasteiger partial charge is 0.339 e. The maximum absolute atomic E-state index is 13.0. The van der Waals surface area contributed by atoms with E-state index in [0.717, 1.165) is 37.9 Å². The molecule has 1 aromatic heterocycles. The number of hydrogen-bond acceptors (Lipinski definition) is 4. The molecule has 1 N–H and O–H groups in total. The van der Waals surface area contributed by atoms with Crippen molar-refractivity contribution in [3.8, 4) is 0 Å². The van der Waals surface area contributed by atoms with E-state index in [4.69, 9.17) is 11.6 Å². The third kappa shape index (κ3) is 4.68. The maximum Gasteiger partial charge on any atom is 0.277 e. The van der Waals surface area contributed by atoms with Crippen LogP contribution in [-0.4, -0.2) is 44.8 Å². The van der Waals surface area contributed by atoms with Gasteiger partial charge in [0, 0.05) is 18.1 Å². The first-order valence-electron chi connectivity index (χ1n) is 9.94. The number of carbonyl (C=O) groups excluding carboxylic acids is 2. The summed E-state index contributed by atoms with van der Waals surface area (Å²) in [5.41, 5.74) is 2.02. The van der Waals surface area contributed by atoms with Crippen molar-refractivity contribution in [2.75, 3.05) is 18.4 Å². The van der Waals surface area contributed by atoms with Crippen LogP contribution in [0.2, 0.25) is 5.02 Å². The van der Waals surface area contributed by atoms with E-state index in [2.05, 4.69) is 15.6 Å². The second-order valence-electron chi connectivity index (χ2n) is 7.28. The molecular weight excluding hydrogens is 402 g/mol. The molecule has 1 fully saturated rings. The monoisotopic (exact) mass is 423 g/mol. The second kappa shape index (κ2) is 9.09. The normalized spacial score (nSPS) is 13.8. The van der Waals surface area contributed by atoms with Gasteiger partial charge in [0.2, 0.25) is 0 Å². The number of halogens is 1. The molecule has 0 spiro atoms. The lowest BCUT2D eigenvalue weighted by molar-refractivity contribution is 0.0725. The summed E-state index contributed by atoms with van der Waals surface area (Å²) in [6.45, 7) is 1.96. The van der Waals surface area contributed by atoms with Crippen LogP contribution in [0.25, 0.3) is 0 Å². The molecule has 1 saturated heterocycles. The summed E-state index contributed by atoms with van der Waals surface area (Å²) in [5, 5.41) is 11.2. The predicted molar refractivity (Wildman–Crippen MR) is 115 cm³/mol. The predicted octanol–water partition coefficient (Wildman–Crippen LogP) is 3.86. The Morgan fingerprint density at radius 1 is 1.03 bits per heavy atom. The van der Waals surface area contributed by atoms with Crippen molar-refractivity contribution in [3.05, 3.63) is 76.6 Å². The highest BCUT2D eigenvalue weighted by atomic mass is 35.5. The van der Waals surface area contributed by atoms with E-state index in [9.17, 15) is 9.59 Å². The molecule has 4 rings (SSSR count). The summed E-state index contributed by atoms with van der Waals surface area (Å²) in [4.78, 5) is 27.5. The van der Waals surface area contributed by atoms with E-state index < -0.39 is 5.91 Å². The Hall–Kier alpha value is -3.19. The van der Waals surface area contributed by atoms with Gasteiger partial charge in [-0.15, -0.1) is 5.10 Å². The summed E-state index contributed by atoms with van der Waals surface area (Å²) in [5.74, 6) is -0.543. The van der Waals surface area contributed by atoms with Crippen molar-refractivity contribution in [1.82, 2.24) is 19.9 Å². The van der Waals surface area contributed by atoms with Crippen LogP contribution in [-0.2, 0) is 6.54 Å². The Bertz CT molecular complexity index is 1040. The van der Waals surface area contributed by atoms with Crippen molar-refractivity contribution in [2.45, 2.75) is 25.8 Å². The second-order valence-corrected chi connectivity index (χ2v) is 7.72. The molecular formula is C22H22ClN5O2. The number of amides is 2. The number of aromatic nitrogens is 3. The molecule has 0 bridgehead atoms. The quantitative estimate of drug-likeness (QED) is 0.675. The number of nitrogens with one attached hydrogen (secondary N) is 1. The van der Waals surface area contributed by atoms with E-state index >= 15 is 0 Å². The topological polar surface area (TPSA) is 80.1 Å². The summed E-state index contributed by atoms with van der Waals surface area (Å²) >= 11 is 6.12. The van der Waals surface area contributed by atoms with E-state index in [1.54, 1.807) is 29.1 Å². The third-order valence-electron chi connectivity index (χ3n) is 5.06. The molecule has 30 heavy (non-hydrogen) atoms. The highest BCUT2D eigenvalue weighted by molar-refractivity contribution is 6.31. The minimum Gasteiger partial charge on any atom is -0.339 e. The number of hydrogen-bond donors (Lipinski definition) is 1. The van der Waals surface area contributed by atoms with Crippen LogP contribution >= 0.6 is 11.6 Å². The molecule has 0 saturated carbocycles. The van der Waals surface area contributed by atoms with Gasteiger partial charge in [-0.05, 0) is 43.0 Å². The van der Waals surface area contributed by atoms with Crippen LogP contribution in [0.5, 0.6) is 0 Å². The van der Waals surface area contributed by atoms with Gasteiger partial charge in [-0.25, -0.2) is 4.68 Å². The molecule has 2 heterocycles. The van der Waals surface area contributed by atoms with Crippen molar-refractivity contribution in [1.29, 1.82) is 0 Å². The van der Waals surface area contributed by atoms with Gasteiger partial charge in [0.25, 0.3) is 11.8 Å². The Kier molecular flexibility index (Phi) is 6.09. The van der Waals surface area contributed by atoms with Crippen LogP contribution < -0.4 is 5.32 Å². The molecule has 8 heteroatoms. The van der Waals surface area contributed by atoms with Gasteiger partial charge in [-0.2, -0.15) is 0 Å². The molecule has 154 valence electrons. The Balaban J connectivity index is 1.50. The van der Waals surface area contributed by atoms with Gasteiger partial charge in [0.1, 0.15) is 0 Å². The fourth-order valence-electron chi connectivity index (χ4n) is 3.51. The number of piperidine rings is 1. The van der Waals surface area contributed by atoms with Gasteiger partial charge >= 0.3 is 0 Å². The molecule has 1 aliphatic rings. The molecule has 0 aliphatic carbocycles. The van der Waals surface area contributed by atoms with Crippen molar-refractivity contribution < 1.29 is 9.59 Å². The van der Waals surface area contributed by atoms with Crippen molar-refractivity contribution in [2.24, 2.45) is 0 Å². The zero-order valence-electron chi connectivity index (χ0n) is 16.4. The average Bonchev–Trinajstić information content (AvgIpc) is 3.23. The minimum absolute atomic E-state index is 0.102. The maximum atomic E-state index is 13.0. The van der Waals surface area contributed by atoms with Crippen LogP contribution in [0.3, 0.4) is 0 Å². The summed E-state index contributed by atoms with van der Waals surface area (Å²) in [6.07, 6.45) is 4.70. The van der Waals surface area contributed by atoms with Crippen LogP contribution in [0, 0.1) is 0 Å². The molecule has 2 aromatic carbocycles. The highest BCUT2D eigenvalue weighted by Gasteiger charge is 2.22. The fraction of sp³-hybridized carbons (Fsp3) is 0.273. The fourth-order valence-corrected chi connectivity index (χ4v) is 3.68. The smallest absolute Gasteiger partial charge is 0.277 e. The van der Waals surface area contributed by atoms with E-state index in [0.29, 0.717) is 22.8 Å². The van der Waals surface area contributed by atoms with Gasteiger partial charge < -0.3 is 10.2 Å². The third-order valence-corrected chi connectivity index (χ3v) is 5.30. The standard InChI is InChI=1S/C22H22ClN5O2/c23-17-9-10-18(22(30)27-11-5-2-6-12-27)19(13-17)24-21(29)20-15-28(26-25-20)14-16-7-3-1-4-8-16/h1,3-4,7-10,13,15H,2,5-6,11-12,14H2,(H,24,29). The van der Waals surface area contributed by atoms with Crippen LogP contribution in [0.15, 0.2) is 54.7 Å². The van der Waals surface area contributed by atoms with Gasteiger partial charge in [0.05, 0.1) is 24.0 Å². The van der Waals surface area contributed by atoms with Gasteiger partial charge in [-0.3, -0.25) is 9.59 Å². The molecule has 0 unspecified atom stereocenters. The number of benzene rings is 2. The summed E-state index contributed by atoms with van der Waals surface area (Å²) in [6, 6.07) is 14.7. The number of carbonyl (C=O) groups is 2. The molecule has 2 amide bonds. The summed E-state index contributed by atoms with van der Waals surface area (Å²) < 4.78 is 1.60. The number of rotatable bonds is 5. The minimum atomic E-state index is -0.440. The van der Waals surface area contributed by atoms with Crippen molar-refractivity contribution in [3.63, 3.8) is 0 Å². The first-order chi connectivity index (χ1) is 14.6. The number of nitrogens with zero attached hydrogens (tertiary/aromatic N) is 4. The lowest BCUT2D eigenvalue weighted by Gasteiger charge is -2.27. The first-order valence-corrected chi connectivity index (χ1v) is 10.3. The van der Waals surface area contributed by atoms with Crippen LogP contribution in [0.4, 0.5) is 5.69 Å². The molecule has 0 radical (unpaired) electrons. The van der Waals surface area contributed by atoms with E-state index in [-0.39, 0.29) is 11.6 Å². The molecule has 0 atom stereocenters. The lowest BCUT2D eigenvalue weighted by atomic mass is 10.1.